The molecule has 0 radical (unpaired) electrons. The van der Waals surface area contributed by atoms with Crippen LogP contribution in [0, 0.1) is 17.8 Å². The Morgan fingerprint density at radius 3 is 2.50 bits per heavy atom. The van der Waals surface area contributed by atoms with E-state index in [1.807, 2.05) is 27.7 Å². The van der Waals surface area contributed by atoms with Gasteiger partial charge < -0.3 is 5.11 Å². The Bertz CT molecular complexity index is 374. The van der Waals surface area contributed by atoms with Crippen LogP contribution in [0.2, 0.25) is 0 Å². The summed E-state index contributed by atoms with van der Waals surface area (Å²) in [6.45, 7) is 7.50. The van der Waals surface area contributed by atoms with Gasteiger partial charge in [-0.1, -0.05) is 27.7 Å². The minimum atomic E-state index is -3.88. The van der Waals surface area contributed by atoms with Gasteiger partial charge in [-0.3, -0.25) is 4.18 Å². The first-order valence-electron chi connectivity index (χ1n) is 5.41. The Balaban J connectivity index is 3.13. The molecule has 0 aromatic heterocycles. The van der Waals surface area contributed by atoms with Crippen LogP contribution in [0.5, 0.6) is 0 Å². The van der Waals surface area contributed by atoms with Crippen LogP contribution in [0.1, 0.15) is 27.7 Å². The Labute approximate surface area is 96.8 Å². The summed E-state index contributed by atoms with van der Waals surface area (Å²) in [5.74, 6) is -0.152. The molecule has 0 spiro atoms. The topological polar surface area (TPSA) is 76.0 Å². The van der Waals surface area contributed by atoms with Gasteiger partial charge in [0.25, 0.3) is 0 Å². The zero-order chi connectivity index (χ0) is 12.5. The quantitative estimate of drug-likeness (QED) is 0.792. The molecule has 1 aliphatic heterocycles. The third kappa shape index (κ3) is 3.02. The average molecular weight is 249 g/mol. The van der Waals surface area contributed by atoms with Crippen molar-refractivity contribution in [2.75, 3.05) is 6.61 Å². The highest BCUT2D eigenvalue weighted by Crippen LogP contribution is 2.23. The van der Waals surface area contributed by atoms with Crippen molar-refractivity contribution in [3.63, 3.8) is 0 Å². The van der Waals surface area contributed by atoms with Crippen molar-refractivity contribution in [2.24, 2.45) is 22.2 Å². The van der Waals surface area contributed by atoms with Crippen molar-refractivity contribution in [2.45, 2.75) is 33.8 Å². The standard InChI is InChI=1S/C10H19NO4S/c1-6(2)10(12)9-8(4)7(3)5-15-16(13,14)11-9/h6-8,10,12H,5H2,1-4H3/t7?,8-,10-/m0/s1. The summed E-state index contributed by atoms with van der Waals surface area (Å²) in [7, 11) is -3.88. The SMILES string of the molecule is CC1COS(=O)(=O)N=C([C@@H](O)C(C)C)[C@H]1C. The molecule has 1 aliphatic rings. The van der Waals surface area contributed by atoms with Crippen LogP contribution >= 0.6 is 0 Å². The highest BCUT2D eigenvalue weighted by Gasteiger charge is 2.32. The molecule has 0 saturated carbocycles. The minimum Gasteiger partial charge on any atom is -0.387 e. The summed E-state index contributed by atoms with van der Waals surface area (Å²) < 4.78 is 31.0. The van der Waals surface area contributed by atoms with E-state index >= 15 is 0 Å². The van der Waals surface area contributed by atoms with E-state index in [4.69, 9.17) is 4.18 Å². The lowest BCUT2D eigenvalue weighted by atomic mass is 9.86. The lowest BCUT2D eigenvalue weighted by Crippen LogP contribution is -2.34. The highest BCUT2D eigenvalue weighted by atomic mass is 32.2. The smallest absolute Gasteiger partial charge is 0.380 e. The average Bonchev–Trinajstić information content (AvgIpc) is 2.28. The van der Waals surface area contributed by atoms with Gasteiger partial charge in [0, 0.05) is 5.92 Å². The Kier molecular flexibility index (Phi) is 4.09. The van der Waals surface area contributed by atoms with Gasteiger partial charge in [0.2, 0.25) is 0 Å². The molecule has 3 atom stereocenters. The van der Waals surface area contributed by atoms with E-state index < -0.39 is 16.4 Å². The van der Waals surface area contributed by atoms with Crippen LogP contribution in [0.4, 0.5) is 0 Å². The number of hydrogen-bond donors (Lipinski definition) is 1. The molecular weight excluding hydrogens is 230 g/mol. The molecule has 0 fully saturated rings. The van der Waals surface area contributed by atoms with Crippen molar-refractivity contribution >= 4 is 16.0 Å². The van der Waals surface area contributed by atoms with E-state index in [0.717, 1.165) is 0 Å². The summed E-state index contributed by atoms with van der Waals surface area (Å²) in [4.78, 5) is 0. The van der Waals surface area contributed by atoms with Crippen LogP contribution in [0.15, 0.2) is 4.40 Å². The molecule has 0 amide bonds. The monoisotopic (exact) mass is 249 g/mol. The fourth-order valence-corrected chi connectivity index (χ4v) is 2.50. The number of rotatable bonds is 2. The van der Waals surface area contributed by atoms with Gasteiger partial charge in [-0.15, -0.1) is 4.40 Å². The van der Waals surface area contributed by atoms with Crippen molar-refractivity contribution in [1.82, 2.24) is 0 Å². The predicted octanol–water partition coefficient (Wildman–Crippen LogP) is 0.992. The first-order valence-corrected chi connectivity index (χ1v) is 6.78. The van der Waals surface area contributed by atoms with Gasteiger partial charge in [0.1, 0.15) is 0 Å². The van der Waals surface area contributed by atoms with Crippen molar-refractivity contribution in [3.8, 4) is 0 Å². The first-order chi connectivity index (χ1) is 7.24. The van der Waals surface area contributed by atoms with Crippen molar-refractivity contribution in [3.05, 3.63) is 0 Å². The maximum Gasteiger partial charge on any atom is 0.380 e. The van der Waals surface area contributed by atoms with E-state index in [2.05, 4.69) is 4.40 Å². The summed E-state index contributed by atoms with van der Waals surface area (Å²) in [6.07, 6.45) is -0.839. The lowest BCUT2D eigenvalue weighted by molar-refractivity contribution is 0.179. The third-order valence-electron chi connectivity index (χ3n) is 2.95. The van der Waals surface area contributed by atoms with E-state index in [0.29, 0.717) is 5.71 Å². The number of aliphatic hydroxyl groups is 1. The predicted molar refractivity (Wildman–Crippen MR) is 61.5 cm³/mol. The molecular formula is C10H19NO4S. The van der Waals surface area contributed by atoms with Crippen LogP contribution in [0.3, 0.4) is 0 Å². The maximum absolute atomic E-state index is 11.4. The molecule has 0 aliphatic carbocycles. The van der Waals surface area contributed by atoms with Gasteiger partial charge in [0.05, 0.1) is 18.4 Å². The number of hydrogen-bond acceptors (Lipinski definition) is 4. The lowest BCUT2D eigenvalue weighted by Gasteiger charge is -2.23. The van der Waals surface area contributed by atoms with Crippen LogP contribution < -0.4 is 0 Å². The van der Waals surface area contributed by atoms with E-state index in [1.165, 1.54) is 0 Å². The number of aliphatic hydroxyl groups excluding tert-OH is 1. The van der Waals surface area contributed by atoms with Gasteiger partial charge in [0.15, 0.2) is 0 Å². The minimum absolute atomic E-state index is 0.0180. The third-order valence-corrected chi connectivity index (χ3v) is 3.82. The normalized spacial score (nSPS) is 32.0. The molecule has 16 heavy (non-hydrogen) atoms. The number of nitrogens with zero attached hydrogens (tertiary/aromatic N) is 1. The molecule has 0 aromatic rings. The molecule has 1 unspecified atom stereocenters. The zero-order valence-electron chi connectivity index (χ0n) is 10.0. The molecule has 0 bridgehead atoms. The van der Waals surface area contributed by atoms with Gasteiger partial charge in [-0.25, -0.2) is 0 Å². The second kappa shape index (κ2) is 4.81. The summed E-state index contributed by atoms with van der Waals surface area (Å²) in [6, 6.07) is 0. The van der Waals surface area contributed by atoms with Gasteiger partial charge in [-0.2, -0.15) is 8.42 Å². The molecule has 1 N–H and O–H groups in total. The van der Waals surface area contributed by atoms with E-state index in [1.54, 1.807) is 0 Å². The molecule has 6 heteroatoms. The second-order valence-electron chi connectivity index (χ2n) is 4.68. The largest absolute Gasteiger partial charge is 0.387 e. The Morgan fingerprint density at radius 1 is 1.44 bits per heavy atom. The van der Waals surface area contributed by atoms with Crippen LogP contribution in [0.25, 0.3) is 0 Å². The molecule has 94 valence electrons. The van der Waals surface area contributed by atoms with Crippen molar-refractivity contribution < 1.29 is 17.7 Å². The summed E-state index contributed by atoms with van der Waals surface area (Å²) in [5, 5.41) is 9.95. The zero-order valence-corrected chi connectivity index (χ0v) is 10.9. The summed E-state index contributed by atoms with van der Waals surface area (Å²) >= 11 is 0. The van der Waals surface area contributed by atoms with E-state index in [9.17, 15) is 13.5 Å². The Morgan fingerprint density at radius 2 is 2.00 bits per heavy atom. The second-order valence-corrected chi connectivity index (χ2v) is 5.96. The Hall–Kier alpha value is -0.460. The summed E-state index contributed by atoms with van der Waals surface area (Å²) in [5.41, 5.74) is 0.306. The fraction of sp³-hybridized carbons (Fsp3) is 0.900. The van der Waals surface area contributed by atoms with E-state index in [-0.39, 0.29) is 24.4 Å². The fourth-order valence-electron chi connectivity index (χ4n) is 1.53. The van der Waals surface area contributed by atoms with Gasteiger partial charge in [-0.05, 0) is 11.8 Å². The van der Waals surface area contributed by atoms with Gasteiger partial charge >= 0.3 is 10.3 Å². The molecule has 5 nitrogen and oxygen atoms in total. The molecule has 1 heterocycles. The van der Waals surface area contributed by atoms with Crippen LogP contribution in [-0.4, -0.2) is 31.9 Å². The highest BCUT2D eigenvalue weighted by molar-refractivity contribution is 7.85. The van der Waals surface area contributed by atoms with Crippen molar-refractivity contribution in [1.29, 1.82) is 0 Å². The molecule has 0 aromatic carbocycles. The molecule has 0 saturated heterocycles. The maximum atomic E-state index is 11.4. The first kappa shape index (κ1) is 13.6. The molecule has 1 rings (SSSR count). The van der Waals surface area contributed by atoms with Crippen LogP contribution in [-0.2, 0) is 14.5 Å².